The molecule has 1 amide bonds. The van der Waals surface area contributed by atoms with Crippen molar-refractivity contribution in [1.82, 2.24) is 9.55 Å². The van der Waals surface area contributed by atoms with Gasteiger partial charge in [-0.1, -0.05) is 30.3 Å². The van der Waals surface area contributed by atoms with Gasteiger partial charge in [-0.15, -0.1) is 0 Å². The number of carbonyl (C=O) groups excluding carboxylic acids is 1. The number of amides is 1. The van der Waals surface area contributed by atoms with Crippen LogP contribution in [0, 0.1) is 0 Å². The van der Waals surface area contributed by atoms with Crippen LogP contribution in [0.25, 0.3) is 0 Å². The molecule has 0 fully saturated rings. The molecule has 116 valence electrons. The molecule has 5 heteroatoms. The number of carbonyl (C=O) groups is 1. The molecule has 3 aromatic rings. The van der Waals surface area contributed by atoms with Crippen LogP contribution in [-0.4, -0.2) is 22.6 Å². The number of rotatable bonds is 5. The second-order valence-electron chi connectivity index (χ2n) is 4.99. The predicted octanol–water partition coefficient (Wildman–Crippen LogP) is 3.12. The molecule has 2 aromatic heterocycles. The summed E-state index contributed by atoms with van der Waals surface area (Å²) in [6, 6.07) is 16.5. The van der Waals surface area contributed by atoms with Crippen LogP contribution < -0.4 is 10.1 Å². The first-order chi connectivity index (χ1) is 11.3. The van der Waals surface area contributed by atoms with Gasteiger partial charge < -0.3 is 14.6 Å². The number of hydrogen-bond acceptors (Lipinski definition) is 3. The number of benzene rings is 1. The lowest BCUT2D eigenvalue weighted by molar-refractivity contribution is -0.118. The van der Waals surface area contributed by atoms with E-state index < -0.39 is 6.04 Å². The fourth-order valence-corrected chi connectivity index (χ4v) is 2.46. The van der Waals surface area contributed by atoms with Gasteiger partial charge in [0.05, 0.1) is 7.11 Å². The van der Waals surface area contributed by atoms with Gasteiger partial charge in [-0.2, -0.15) is 0 Å². The second kappa shape index (κ2) is 6.79. The average molecular weight is 307 g/mol. The van der Waals surface area contributed by atoms with Crippen LogP contribution in [-0.2, 0) is 4.79 Å². The van der Waals surface area contributed by atoms with Crippen LogP contribution in [0.4, 0.5) is 5.69 Å². The number of nitrogens with one attached hydrogen (secondary N) is 1. The first-order valence-corrected chi connectivity index (χ1v) is 7.27. The Balaban J connectivity index is 1.93. The van der Waals surface area contributed by atoms with Crippen molar-refractivity contribution in [3.63, 3.8) is 0 Å². The predicted molar refractivity (Wildman–Crippen MR) is 88.4 cm³/mol. The van der Waals surface area contributed by atoms with Crippen molar-refractivity contribution in [2.75, 3.05) is 12.4 Å². The lowest BCUT2D eigenvalue weighted by atomic mass is 10.1. The minimum atomic E-state index is -0.462. The lowest BCUT2D eigenvalue weighted by Crippen LogP contribution is -2.26. The van der Waals surface area contributed by atoms with Crippen LogP contribution in [0.2, 0.25) is 0 Å². The molecule has 1 aromatic carbocycles. The van der Waals surface area contributed by atoms with Crippen molar-refractivity contribution in [1.29, 1.82) is 0 Å². The Morgan fingerprint density at radius 2 is 1.83 bits per heavy atom. The Hall–Kier alpha value is -3.08. The molecular weight excluding hydrogens is 290 g/mol. The van der Waals surface area contributed by atoms with Gasteiger partial charge in [0.2, 0.25) is 5.88 Å². The van der Waals surface area contributed by atoms with Crippen LogP contribution in [0.5, 0.6) is 5.88 Å². The molecule has 0 bridgehead atoms. The molecule has 0 saturated carbocycles. The first-order valence-electron chi connectivity index (χ1n) is 7.27. The van der Waals surface area contributed by atoms with Crippen molar-refractivity contribution in [2.45, 2.75) is 6.04 Å². The van der Waals surface area contributed by atoms with E-state index in [2.05, 4.69) is 10.3 Å². The number of methoxy groups -OCH3 is 1. The monoisotopic (exact) mass is 307 g/mol. The summed E-state index contributed by atoms with van der Waals surface area (Å²) >= 11 is 0. The van der Waals surface area contributed by atoms with Gasteiger partial charge in [0.15, 0.2) is 0 Å². The Morgan fingerprint density at radius 1 is 1.09 bits per heavy atom. The molecule has 3 rings (SSSR count). The van der Waals surface area contributed by atoms with E-state index in [-0.39, 0.29) is 5.91 Å². The summed E-state index contributed by atoms with van der Waals surface area (Å²) in [6.45, 7) is 0. The topological polar surface area (TPSA) is 56.1 Å². The van der Waals surface area contributed by atoms with E-state index in [0.29, 0.717) is 11.6 Å². The van der Waals surface area contributed by atoms with E-state index in [1.807, 2.05) is 59.4 Å². The molecule has 2 heterocycles. The van der Waals surface area contributed by atoms with E-state index >= 15 is 0 Å². The minimum Gasteiger partial charge on any atom is -0.480 e. The summed E-state index contributed by atoms with van der Waals surface area (Å²) in [4.78, 5) is 17.0. The maximum atomic E-state index is 12.9. The molecule has 23 heavy (non-hydrogen) atoms. The van der Waals surface area contributed by atoms with Crippen molar-refractivity contribution < 1.29 is 9.53 Å². The number of hydrogen-bond donors (Lipinski definition) is 1. The summed E-state index contributed by atoms with van der Waals surface area (Å²) in [5, 5.41) is 2.90. The Morgan fingerprint density at radius 3 is 2.52 bits per heavy atom. The van der Waals surface area contributed by atoms with Crippen molar-refractivity contribution >= 4 is 11.6 Å². The van der Waals surface area contributed by atoms with E-state index in [1.54, 1.807) is 18.3 Å². The zero-order chi connectivity index (χ0) is 16.1. The number of pyridine rings is 1. The molecule has 1 atom stereocenters. The minimum absolute atomic E-state index is 0.154. The maximum absolute atomic E-state index is 12.9. The zero-order valence-corrected chi connectivity index (χ0v) is 12.7. The van der Waals surface area contributed by atoms with Crippen LogP contribution in [0.3, 0.4) is 0 Å². The number of anilines is 1. The van der Waals surface area contributed by atoms with Gasteiger partial charge in [-0.05, 0) is 29.8 Å². The molecule has 1 N–H and O–H groups in total. The highest BCUT2D eigenvalue weighted by Gasteiger charge is 2.22. The smallest absolute Gasteiger partial charge is 0.252 e. The highest BCUT2D eigenvalue weighted by Crippen LogP contribution is 2.24. The Kier molecular flexibility index (Phi) is 4.38. The second-order valence-corrected chi connectivity index (χ2v) is 4.99. The first kappa shape index (κ1) is 14.8. The SMILES string of the molecule is COc1ncccc1NC(=O)[C@@H](c1ccccc1)n1cccc1. The Labute approximate surface area is 134 Å². The molecule has 5 nitrogen and oxygen atoms in total. The third-order valence-electron chi connectivity index (χ3n) is 3.51. The number of aromatic nitrogens is 2. The van der Waals surface area contributed by atoms with E-state index in [4.69, 9.17) is 4.74 Å². The van der Waals surface area contributed by atoms with Crippen molar-refractivity contribution in [3.8, 4) is 5.88 Å². The Bertz CT molecular complexity index is 770. The normalized spacial score (nSPS) is 11.7. The molecule has 0 radical (unpaired) electrons. The van der Waals surface area contributed by atoms with Crippen LogP contribution in [0.1, 0.15) is 11.6 Å². The average Bonchev–Trinajstić information content (AvgIpc) is 3.10. The molecule has 0 aliphatic rings. The largest absolute Gasteiger partial charge is 0.480 e. The fourth-order valence-electron chi connectivity index (χ4n) is 2.46. The fraction of sp³-hybridized carbons (Fsp3) is 0.111. The van der Waals surface area contributed by atoms with Gasteiger partial charge >= 0.3 is 0 Å². The van der Waals surface area contributed by atoms with E-state index in [0.717, 1.165) is 5.56 Å². The van der Waals surface area contributed by atoms with Crippen molar-refractivity contribution in [3.05, 3.63) is 78.8 Å². The molecule has 0 aliphatic heterocycles. The van der Waals surface area contributed by atoms with Crippen LogP contribution in [0.15, 0.2) is 73.2 Å². The van der Waals surface area contributed by atoms with Crippen molar-refractivity contribution in [2.24, 2.45) is 0 Å². The summed E-state index contributed by atoms with van der Waals surface area (Å²) in [5.74, 6) is 0.235. The molecule has 0 spiro atoms. The molecule has 0 saturated heterocycles. The molecular formula is C18H17N3O2. The summed E-state index contributed by atoms with van der Waals surface area (Å²) in [7, 11) is 1.53. The maximum Gasteiger partial charge on any atom is 0.252 e. The van der Waals surface area contributed by atoms with Crippen LogP contribution >= 0.6 is 0 Å². The summed E-state index contributed by atoms with van der Waals surface area (Å²) in [6.07, 6.45) is 5.37. The molecule has 0 aliphatic carbocycles. The van der Waals surface area contributed by atoms with E-state index in [1.165, 1.54) is 7.11 Å². The molecule has 0 unspecified atom stereocenters. The zero-order valence-electron chi connectivity index (χ0n) is 12.7. The third kappa shape index (κ3) is 3.23. The highest BCUT2D eigenvalue weighted by molar-refractivity contribution is 5.96. The van der Waals surface area contributed by atoms with Gasteiger partial charge in [-0.3, -0.25) is 4.79 Å². The van der Waals surface area contributed by atoms with Gasteiger partial charge in [0.25, 0.3) is 5.91 Å². The number of nitrogens with zero attached hydrogens (tertiary/aromatic N) is 2. The summed E-state index contributed by atoms with van der Waals surface area (Å²) in [5.41, 5.74) is 1.46. The lowest BCUT2D eigenvalue weighted by Gasteiger charge is -2.19. The number of ether oxygens (including phenoxy) is 1. The van der Waals surface area contributed by atoms with Gasteiger partial charge in [0, 0.05) is 18.6 Å². The van der Waals surface area contributed by atoms with Gasteiger partial charge in [-0.25, -0.2) is 4.98 Å². The standard InChI is InChI=1S/C18H17N3O2/c1-23-18-15(10-7-11-19-18)20-17(22)16(21-12-5-6-13-21)14-8-3-2-4-9-14/h2-13,16H,1H3,(H,20,22)/t16-/m1/s1. The van der Waals surface area contributed by atoms with Gasteiger partial charge in [0.1, 0.15) is 11.7 Å². The van der Waals surface area contributed by atoms with E-state index in [9.17, 15) is 4.79 Å². The quantitative estimate of drug-likeness (QED) is 0.788. The highest BCUT2D eigenvalue weighted by atomic mass is 16.5. The third-order valence-corrected chi connectivity index (χ3v) is 3.51. The summed E-state index contributed by atoms with van der Waals surface area (Å²) < 4.78 is 7.06.